The number of ether oxygens (including phenoxy) is 6. The number of ketones is 1. The number of cyclic esters (lactones) is 1. The van der Waals surface area contributed by atoms with Crippen molar-refractivity contribution in [2.75, 3.05) is 21.2 Å². The Morgan fingerprint density at radius 3 is 2.06 bits per heavy atom. The van der Waals surface area contributed by atoms with E-state index in [2.05, 4.69) is 0 Å². The van der Waals surface area contributed by atoms with Gasteiger partial charge in [-0.05, 0) is 67.0 Å². The number of aliphatic hydroxyl groups excluding tert-OH is 3. The van der Waals surface area contributed by atoms with Crippen molar-refractivity contribution < 1.29 is 53.3 Å². The fourth-order valence-electron chi connectivity index (χ4n) is 8.29. The van der Waals surface area contributed by atoms with E-state index < -0.39 is 96.5 Å². The highest BCUT2D eigenvalue weighted by molar-refractivity contribution is 5.83. The molecule has 12 heteroatoms. The second kappa shape index (κ2) is 17.5. The number of aliphatic hydroxyl groups is 3. The van der Waals surface area contributed by atoms with Crippen LogP contribution >= 0.6 is 0 Å². The van der Waals surface area contributed by atoms with Crippen LogP contribution in [0.3, 0.4) is 0 Å². The molecule has 49 heavy (non-hydrogen) atoms. The Labute approximate surface area is 294 Å². The molecule has 3 fully saturated rings. The SMILES string of the molecule is CC[C@H]1OC(=O)[C@H](C)[C@@H](O[C@H]2C[C@@](C)(OC)[C@@H](O)[C@H](C)O2)[C@H](C)[C@@H](O[C@@H]2O[C@H](C)C[C@H](N(C)C)[C@H]2O)[C@@H](C)C[C@@H](C)C(=O)[C@@H](C)[C@@H](O)[C@H]1C. The first-order valence-corrected chi connectivity index (χ1v) is 18.4. The summed E-state index contributed by atoms with van der Waals surface area (Å²) in [5.41, 5.74) is -0.956. The number of carbonyl (C=O) groups excluding carboxylic acids is 2. The van der Waals surface area contributed by atoms with Gasteiger partial charge in [0.2, 0.25) is 0 Å². The Kier molecular flexibility index (Phi) is 15.1. The van der Waals surface area contributed by atoms with Gasteiger partial charge in [-0.1, -0.05) is 41.5 Å². The van der Waals surface area contributed by atoms with Crippen LogP contribution < -0.4 is 0 Å². The van der Waals surface area contributed by atoms with Crippen LogP contribution in [0.15, 0.2) is 0 Å². The number of likely N-dealkylation sites (N-methyl/N-ethyl adjacent to an activating group) is 1. The molecule has 18 atom stereocenters. The third-order valence-electron chi connectivity index (χ3n) is 11.8. The van der Waals surface area contributed by atoms with Gasteiger partial charge in [-0.15, -0.1) is 0 Å². The molecule has 0 aromatic rings. The van der Waals surface area contributed by atoms with E-state index in [1.54, 1.807) is 27.7 Å². The normalized spacial score (nSPS) is 48.2. The first kappa shape index (κ1) is 42.2. The first-order chi connectivity index (χ1) is 22.8. The predicted octanol–water partition coefficient (Wildman–Crippen LogP) is 3.56. The van der Waals surface area contributed by atoms with Crippen LogP contribution in [0.1, 0.15) is 94.9 Å². The number of esters is 1. The van der Waals surface area contributed by atoms with Crippen molar-refractivity contribution in [2.24, 2.45) is 35.5 Å². The molecular weight excluding hydrogens is 634 g/mol. The van der Waals surface area contributed by atoms with Gasteiger partial charge in [-0.25, -0.2) is 0 Å². The summed E-state index contributed by atoms with van der Waals surface area (Å²) in [6.07, 6.45) is -5.83. The molecule has 0 unspecified atom stereocenters. The van der Waals surface area contributed by atoms with E-state index in [9.17, 15) is 24.9 Å². The largest absolute Gasteiger partial charge is 0.462 e. The summed E-state index contributed by atoms with van der Waals surface area (Å²) in [6, 6.07) is -0.204. The van der Waals surface area contributed by atoms with E-state index >= 15 is 0 Å². The first-order valence-electron chi connectivity index (χ1n) is 18.4. The van der Waals surface area contributed by atoms with Gasteiger partial charge in [0.15, 0.2) is 12.6 Å². The van der Waals surface area contributed by atoms with Crippen LogP contribution in [0, 0.1) is 35.5 Å². The number of Topliss-reactive ketones (excluding diaryl/α,β-unsaturated/α-hetero) is 1. The summed E-state index contributed by atoms with van der Waals surface area (Å²) >= 11 is 0. The highest BCUT2D eigenvalue weighted by Crippen LogP contribution is 2.39. The molecule has 0 aromatic carbocycles. The lowest BCUT2D eigenvalue weighted by Crippen LogP contribution is -2.58. The maximum atomic E-state index is 14.0. The number of hydrogen-bond acceptors (Lipinski definition) is 12. The average Bonchev–Trinajstić information content (AvgIpc) is 3.05. The van der Waals surface area contributed by atoms with Gasteiger partial charge in [-0.3, -0.25) is 9.59 Å². The Bertz CT molecular complexity index is 1080. The highest BCUT2D eigenvalue weighted by atomic mass is 16.7. The van der Waals surface area contributed by atoms with Crippen molar-refractivity contribution in [2.45, 2.75) is 168 Å². The Hall–Kier alpha value is -1.22. The van der Waals surface area contributed by atoms with Gasteiger partial charge < -0.3 is 48.6 Å². The molecule has 0 amide bonds. The van der Waals surface area contributed by atoms with Crippen molar-refractivity contribution in [1.29, 1.82) is 0 Å². The highest BCUT2D eigenvalue weighted by Gasteiger charge is 2.49. The van der Waals surface area contributed by atoms with Gasteiger partial charge in [0.25, 0.3) is 0 Å². The fraction of sp³-hybridized carbons (Fsp3) is 0.946. The molecule has 0 aliphatic carbocycles. The fourth-order valence-corrected chi connectivity index (χ4v) is 8.29. The molecule has 3 aliphatic heterocycles. The zero-order valence-corrected chi connectivity index (χ0v) is 32.2. The monoisotopic (exact) mass is 701 g/mol. The minimum atomic E-state index is -1.01. The van der Waals surface area contributed by atoms with Crippen LogP contribution in [0.4, 0.5) is 0 Å². The molecule has 0 saturated carbocycles. The summed E-state index contributed by atoms with van der Waals surface area (Å²) in [5.74, 6) is -3.71. The van der Waals surface area contributed by atoms with E-state index in [0.717, 1.165) is 0 Å². The van der Waals surface area contributed by atoms with E-state index in [4.69, 9.17) is 28.4 Å². The molecular formula is C37H67NO11. The summed E-state index contributed by atoms with van der Waals surface area (Å²) < 4.78 is 37.7. The van der Waals surface area contributed by atoms with Gasteiger partial charge in [0.05, 0.1) is 42.0 Å². The Balaban J connectivity index is 2.10. The number of nitrogens with zero attached hydrogens (tertiary/aromatic N) is 1. The molecule has 12 nitrogen and oxygen atoms in total. The minimum Gasteiger partial charge on any atom is -0.462 e. The minimum absolute atomic E-state index is 0.0748. The standard InChI is InChI=1S/C37H67NO11/c1-14-27-21(5)30(40)22(6)29(39)18(2)15-19(3)32(49-36-31(41)26(38(11)12)16-20(4)45-36)23(7)33(24(8)35(43)47-27)48-28-17-37(10,44-13)34(42)25(9)46-28/h18-28,30-34,36,40-42H,14-17H2,1-13H3/t18-,19+,20-,21+,22-,23-,24-,25+,26+,27-,28+,30+,31-,32+,33+,34+,36+,37-/m1/s1. The maximum absolute atomic E-state index is 14.0. The van der Waals surface area contributed by atoms with Gasteiger partial charge in [-0.2, -0.15) is 0 Å². The topological polar surface area (TPSA) is 153 Å². The molecule has 0 bridgehead atoms. The van der Waals surface area contributed by atoms with E-state index in [1.807, 2.05) is 60.5 Å². The predicted molar refractivity (Wildman–Crippen MR) is 183 cm³/mol. The molecule has 3 rings (SSSR count). The molecule has 3 heterocycles. The maximum Gasteiger partial charge on any atom is 0.311 e. The summed E-state index contributed by atoms with van der Waals surface area (Å²) in [7, 11) is 5.36. The molecule has 3 N–H and O–H groups in total. The second-order valence-electron chi connectivity index (χ2n) is 15.9. The quantitative estimate of drug-likeness (QED) is 0.333. The van der Waals surface area contributed by atoms with E-state index in [-0.39, 0.29) is 30.3 Å². The summed E-state index contributed by atoms with van der Waals surface area (Å²) in [5, 5.41) is 33.7. The third kappa shape index (κ3) is 9.61. The molecule has 0 spiro atoms. The van der Waals surface area contributed by atoms with Crippen LogP contribution in [-0.4, -0.2) is 126 Å². The smallest absolute Gasteiger partial charge is 0.311 e. The van der Waals surface area contributed by atoms with Crippen molar-refractivity contribution in [3.63, 3.8) is 0 Å². The van der Waals surface area contributed by atoms with Crippen LogP contribution in [0.25, 0.3) is 0 Å². The molecule has 3 saturated heterocycles. The molecule has 3 aliphatic rings. The molecule has 0 aromatic heterocycles. The van der Waals surface area contributed by atoms with Crippen molar-refractivity contribution >= 4 is 11.8 Å². The third-order valence-corrected chi connectivity index (χ3v) is 11.8. The van der Waals surface area contributed by atoms with Crippen molar-refractivity contribution in [1.82, 2.24) is 4.90 Å². The lowest BCUT2D eigenvalue weighted by atomic mass is 9.76. The Morgan fingerprint density at radius 1 is 0.857 bits per heavy atom. The number of hydrogen-bond donors (Lipinski definition) is 3. The summed E-state index contributed by atoms with van der Waals surface area (Å²) in [6.45, 7) is 18.5. The average molecular weight is 702 g/mol. The van der Waals surface area contributed by atoms with Gasteiger partial charge in [0, 0.05) is 43.2 Å². The molecule has 0 radical (unpaired) electrons. The summed E-state index contributed by atoms with van der Waals surface area (Å²) in [4.78, 5) is 29.7. The van der Waals surface area contributed by atoms with Crippen molar-refractivity contribution in [3.8, 4) is 0 Å². The van der Waals surface area contributed by atoms with Gasteiger partial charge in [0.1, 0.15) is 24.1 Å². The van der Waals surface area contributed by atoms with Crippen LogP contribution in [0.2, 0.25) is 0 Å². The number of carbonyl (C=O) groups is 2. The molecule has 286 valence electrons. The number of rotatable bonds is 7. The lowest BCUT2D eigenvalue weighted by Gasteiger charge is -2.47. The van der Waals surface area contributed by atoms with Crippen LogP contribution in [-0.2, 0) is 38.0 Å². The zero-order chi connectivity index (χ0) is 37.1. The second-order valence-corrected chi connectivity index (χ2v) is 15.9. The van der Waals surface area contributed by atoms with Crippen molar-refractivity contribution in [3.05, 3.63) is 0 Å². The lowest BCUT2D eigenvalue weighted by molar-refractivity contribution is -0.309. The van der Waals surface area contributed by atoms with Crippen LogP contribution in [0.5, 0.6) is 0 Å². The van der Waals surface area contributed by atoms with Gasteiger partial charge >= 0.3 is 5.97 Å². The number of methoxy groups -OCH3 is 1. The Morgan fingerprint density at radius 2 is 1.49 bits per heavy atom. The van der Waals surface area contributed by atoms with E-state index in [1.165, 1.54) is 7.11 Å². The van der Waals surface area contributed by atoms with E-state index in [0.29, 0.717) is 19.3 Å². The zero-order valence-electron chi connectivity index (χ0n) is 32.2.